The predicted octanol–water partition coefficient (Wildman–Crippen LogP) is 1.63. The highest BCUT2D eigenvalue weighted by molar-refractivity contribution is 5.85. The number of hydrogen-bond acceptors (Lipinski definition) is 3. The van der Waals surface area contributed by atoms with Gasteiger partial charge in [-0.1, -0.05) is 19.9 Å². The molecule has 0 fully saturated rings. The lowest BCUT2D eigenvalue weighted by Crippen LogP contribution is -2.43. The minimum Gasteiger partial charge on any atom is -0.446 e. The number of primary amides is 1. The van der Waals surface area contributed by atoms with Gasteiger partial charge in [0.2, 0.25) is 5.91 Å². The fourth-order valence-corrected chi connectivity index (χ4v) is 1.22. The summed E-state index contributed by atoms with van der Waals surface area (Å²) in [4.78, 5) is 23.6. The van der Waals surface area contributed by atoms with Crippen molar-refractivity contribution < 1.29 is 14.3 Å². The van der Waals surface area contributed by atoms with Crippen LogP contribution in [0.2, 0.25) is 0 Å². The van der Waals surface area contributed by atoms with Crippen LogP contribution in [0.25, 0.3) is 0 Å². The topological polar surface area (TPSA) is 72.6 Å². The summed E-state index contributed by atoms with van der Waals surface area (Å²) in [6.45, 7) is 7.49. The molecule has 1 heterocycles. The largest absolute Gasteiger partial charge is 0.446 e. The Morgan fingerprint density at radius 2 is 2.00 bits per heavy atom. The van der Waals surface area contributed by atoms with Crippen molar-refractivity contribution in [1.82, 2.24) is 4.90 Å². The van der Waals surface area contributed by atoms with Crippen molar-refractivity contribution in [2.24, 2.45) is 5.73 Å². The number of rotatable bonds is 2. The molecular formula is C11H20N2O3. The molecule has 2 N–H and O–H groups in total. The third kappa shape index (κ3) is 3.92. The SMILES string of the molecule is CC.CC(C)OC(=O)N1C=CC[C@H]1C(N)=O. The van der Waals surface area contributed by atoms with Crippen molar-refractivity contribution >= 4 is 12.0 Å². The Labute approximate surface area is 96.2 Å². The highest BCUT2D eigenvalue weighted by Crippen LogP contribution is 2.15. The minimum atomic E-state index is -0.596. The van der Waals surface area contributed by atoms with Crippen LogP contribution < -0.4 is 5.73 Å². The van der Waals surface area contributed by atoms with Gasteiger partial charge in [0.1, 0.15) is 6.04 Å². The predicted molar refractivity (Wildman–Crippen MR) is 61.5 cm³/mol. The number of carbonyl (C=O) groups excluding carboxylic acids is 2. The Bertz CT molecular complexity index is 274. The summed E-state index contributed by atoms with van der Waals surface area (Å²) in [6.07, 6.45) is 2.97. The molecule has 0 unspecified atom stereocenters. The maximum absolute atomic E-state index is 11.4. The van der Waals surface area contributed by atoms with E-state index in [1.54, 1.807) is 19.9 Å². The van der Waals surface area contributed by atoms with E-state index in [1.807, 2.05) is 13.8 Å². The molecule has 0 aromatic heterocycles. The highest BCUT2D eigenvalue weighted by Gasteiger charge is 2.30. The third-order valence-electron chi connectivity index (χ3n) is 1.84. The van der Waals surface area contributed by atoms with Crippen molar-refractivity contribution in [2.75, 3.05) is 0 Å². The van der Waals surface area contributed by atoms with Crippen molar-refractivity contribution in [3.8, 4) is 0 Å². The van der Waals surface area contributed by atoms with Gasteiger partial charge < -0.3 is 10.5 Å². The van der Waals surface area contributed by atoms with E-state index in [4.69, 9.17) is 10.5 Å². The molecule has 16 heavy (non-hydrogen) atoms. The third-order valence-corrected chi connectivity index (χ3v) is 1.84. The van der Waals surface area contributed by atoms with Crippen molar-refractivity contribution in [3.63, 3.8) is 0 Å². The summed E-state index contributed by atoms with van der Waals surface area (Å²) in [7, 11) is 0. The molecule has 0 aliphatic carbocycles. The van der Waals surface area contributed by atoms with Gasteiger partial charge in [-0.15, -0.1) is 0 Å². The second-order valence-corrected chi connectivity index (χ2v) is 3.38. The van der Waals surface area contributed by atoms with Gasteiger partial charge in [-0.05, 0) is 20.3 Å². The lowest BCUT2D eigenvalue weighted by Gasteiger charge is -2.21. The molecule has 2 amide bonds. The van der Waals surface area contributed by atoms with Crippen LogP contribution in [0.4, 0.5) is 4.79 Å². The number of nitrogens with zero attached hydrogens (tertiary/aromatic N) is 1. The summed E-state index contributed by atoms with van der Waals surface area (Å²) in [5.41, 5.74) is 5.13. The summed E-state index contributed by atoms with van der Waals surface area (Å²) in [5, 5.41) is 0. The Morgan fingerprint density at radius 3 is 2.44 bits per heavy atom. The molecule has 0 radical (unpaired) electrons. The second kappa shape index (κ2) is 6.87. The zero-order chi connectivity index (χ0) is 12.7. The fourth-order valence-electron chi connectivity index (χ4n) is 1.22. The summed E-state index contributed by atoms with van der Waals surface area (Å²) in [6, 6.07) is -0.596. The van der Waals surface area contributed by atoms with Gasteiger partial charge in [0.05, 0.1) is 6.10 Å². The zero-order valence-electron chi connectivity index (χ0n) is 10.3. The van der Waals surface area contributed by atoms with Crippen LogP contribution in [0.5, 0.6) is 0 Å². The minimum absolute atomic E-state index is 0.204. The van der Waals surface area contributed by atoms with Gasteiger partial charge in [0.25, 0.3) is 0 Å². The Kier molecular flexibility index (Phi) is 6.22. The van der Waals surface area contributed by atoms with Crippen molar-refractivity contribution in [2.45, 2.75) is 46.3 Å². The molecule has 0 spiro atoms. The van der Waals surface area contributed by atoms with Gasteiger partial charge in [0, 0.05) is 6.20 Å². The van der Waals surface area contributed by atoms with Gasteiger partial charge in [-0.25, -0.2) is 4.79 Å². The standard InChI is InChI=1S/C9H14N2O3.C2H6/c1-6(2)14-9(13)11-5-3-4-7(11)8(10)12;1-2/h3,5-7H,4H2,1-2H3,(H2,10,12);1-2H3/t7-;/m0./s1. The highest BCUT2D eigenvalue weighted by atomic mass is 16.6. The van der Waals surface area contributed by atoms with E-state index in [0.29, 0.717) is 6.42 Å². The molecule has 1 rings (SSSR count). The summed E-state index contributed by atoms with van der Waals surface area (Å²) >= 11 is 0. The average Bonchev–Trinajstić information content (AvgIpc) is 2.68. The summed E-state index contributed by atoms with van der Waals surface area (Å²) in [5.74, 6) is -0.518. The second-order valence-electron chi connectivity index (χ2n) is 3.38. The van der Waals surface area contributed by atoms with E-state index >= 15 is 0 Å². The zero-order valence-corrected chi connectivity index (χ0v) is 10.3. The van der Waals surface area contributed by atoms with Crippen LogP contribution in [-0.4, -0.2) is 29.0 Å². The molecule has 1 aliphatic rings. The Balaban J connectivity index is 0.00000106. The molecule has 1 atom stereocenters. The summed E-state index contributed by atoms with van der Waals surface area (Å²) < 4.78 is 4.94. The number of ether oxygens (including phenoxy) is 1. The van der Waals surface area contributed by atoms with Gasteiger partial charge in [-0.2, -0.15) is 0 Å². The van der Waals surface area contributed by atoms with E-state index < -0.39 is 18.0 Å². The van der Waals surface area contributed by atoms with E-state index in [1.165, 1.54) is 11.1 Å². The van der Waals surface area contributed by atoms with E-state index in [9.17, 15) is 9.59 Å². The van der Waals surface area contributed by atoms with E-state index in [-0.39, 0.29) is 6.10 Å². The van der Waals surface area contributed by atoms with E-state index in [2.05, 4.69) is 0 Å². The van der Waals surface area contributed by atoms with Crippen LogP contribution in [0.1, 0.15) is 34.1 Å². The number of hydrogen-bond donors (Lipinski definition) is 1. The average molecular weight is 228 g/mol. The molecule has 1 aliphatic heterocycles. The maximum Gasteiger partial charge on any atom is 0.414 e. The lowest BCUT2D eigenvalue weighted by atomic mass is 10.2. The first-order valence-electron chi connectivity index (χ1n) is 5.47. The monoisotopic (exact) mass is 228 g/mol. The van der Waals surface area contributed by atoms with E-state index in [0.717, 1.165) is 0 Å². The van der Waals surface area contributed by atoms with Crippen molar-refractivity contribution in [1.29, 1.82) is 0 Å². The quantitative estimate of drug-likeness (QED) is 0.780. The number of amides is 2. The van der Waals surface area contributed by atoms with Crippen molar-refractivity contribution in [3.05, 3.63) is 12.3 Å². The smallest absolute Gasteiger partial charge is 0.414 e. The molecule has 0 aromatic rings. The molecule has 0 bridgehead atoms. The molecule has 0 saturated carbocycles. The van der Waals surface area contributed by atoms with Crippen LogP contribution in [0.15, 0.2) is 12.3 Å². The Hall–Kier alpha value is -1.52. The maximum atomic E-state index is 11.4. The number of nitrogens with two attached hydrogens (primary N) is 1. The molecule has 0 aromatic carbocycles. The first-order valence-corrected chi connectivity index (χ1v) is 5.47. The van der Waals surface area contributed by atoms with Crippen LogP contribution >= 0.6 is 0 Å². The number of carbonyl (C=O) groups is 2. The molecule has 0 saturated heterocycles. The lowest BCUT2D eigenvalue weighted by molar-refractivity contribution is -0.121. The van der Waals surface area contributed by atoms with Gasteiger partial charge in [-0.3, -0.25) is 9.69 Å². The first kappa shape index (κ1) is 14.5. The van der Waals surface area contributed by atoms with Gasteiger partial charge in [0.15, 0.2) is 0 Å². The first-order chi connectivity index (χ1) is 7.52. The van der Waals surface area contributed by atoms with Crippen LogP contribution in [0.3, 0.4) is 0 Å². The van der Waals surface area contributed by atoms with Crippen LogP contribution in [0, 0.1) is 0 Å². The van der Waals surface area contributed by atoms with Crippen LogP contribution in [-0.2, 0) is 9.53 Å². The molecular weight excluding hydrogens is 208 g/mol. The molecule has 92 valence electrons. The Morgan fingerprint density at radius 1 is 1.44 bits per heavy atom. The fraction of sp³-hybridized carbons (Fsp3) is 0.636. The molecule has 5 heteroatoms. The molecule has 5 nitrogen and oxygen atoms in total. The normalized spacial score (nSPS) is 18.1. The van der Waals surface area contributed by atoms with Gasteiger partial charge >= 0.3 is 6.09 Å².